The SMILES string of the molecule is COC(=O)c1cc(Nc2cnccc2C)ccc1N. The van der Waals surface area contributed by atoms with Gasteiger partial charge in [0.05, 0.1) is 24.6 Å². The minimum absolute atomic E-state index is 0.342. The standard InChI is InChI=1S/C14H15N3O2/c1-9-5-6-16-8-13(9)17-10-3-4-12(15)11(7-10)14(18)19-2/h3-8,17H,15H2,1-2H3. The van der Waals surface area contributed by atoms with Crippen LogP contribution >= 0.6 is 0 Å². The number of carbonyl (C=O) groups excluding carboxylic acids is 1. The number of aromatic nitrogens is 1. The number of rotatable bonds is 3. The van der Waals surface area contributed by atoms with Gasteiger partial charge in [0.25, 0.3) is 0 Å². The first kappa shape index (κ1) is 12.9. The van der Waals surface area contributed by atoms with Gasteiger partial charge in [-0.3, -0.25) is 4.98 Å². The number of benzene rings is 1. The predicted octanol–water partition coefficient (Wildman–Crippen LogP) is 2.50. The number of nitrogens with zero attached hydrogens (tertiary/aromatic N) is 1. The molecule has 98 valence electrons. The summed E-state index contributed by atoms with van der Waals surface area (Å²) >= 11 is 0. The van der Waals surface area contributed by atoms with Crippen LogP contribution in [0.5, 0.6) is 0 Å². The van der Waals surface area contributed by atoms with Crippen LogP contribution in [0.4, 0.5) is 17.1 Å². The fraction of sp³-hybridized carbons (Fsp3) is 0.143. The Hall–Kier alpha value is -2.56. The number of hydrogen-bond donors (Lipinski definition) is 2. The molecule has 1 heterocycles. The normalized spacial score (nSPS) is 10.0. The number of pyridine rings is 1. The Balaban J connectivity index is 2.32. The molecule has 0 amide bonds. The van der Waals surface area contributed by atoms with Crippen LogP contribution in [0, 0.1) is 6.92 Å². The highest BCUT2D eigenvalue weighted by Gasteiger charge is 2.11. The van der Waals surface area contributed by atoms with E-state index in [2.05, 4.69) is 15.0 Å². The summed E-state index contributed by atoms with van der Waals surface area (Å²) in [6.45, 7) is 1.97. The summed E-state index contributed by atoms with van der Waals surface area (Å²) in [5.74, 6) is -0.455. The number of hydrogen-bond acceptors (Lipinski definition) is 5. The molecule has 0 bridgehead atoms. The van der Waals surface area contributed by atoms with Crippen molar-refractivity contribution in [2.75, 3.05) is 18.2 Å². The highest BCUT2D eigenvalue weighted by Crippen LogP contribution is 2.23. The quantitative estimate of drug-likeness (QED) is 0.652. The fourth-order valence-electron chi connectivity index (χ4n) is 1.67. The molecule has 2 rings (SSSR count). The second-order valence-corrected chi connectivity index (χ2v) is 4.11. The van der Waals surface area contributed by atoms with Gasteiger partial charge in [0.2, 0.25) is 0 Å². The van der Waals surface area contributed by atoms with Crippen molar-refractivity contribution in [1.82, 2.24) is 4.98 Å². The number of carbonyl (C=O) groups is 1. The second-order valence-electron chi connectivity index (χ2n) is 4.11. The smallest absolute Gasteiger partial charge is 0.340 e. The van der Waals surface area contributed by atoms with Gasteiger partial charge in [-0.25, -0.2) is 4.79 Å². The van der Waals surface area contributed by atoms with E-state index in [1.807, 2.05) is 13.0 Å². The van der Waals surface area contributed by atoms with E-state index in [9.17, 15) is 4.79 Å². The molecular weight excluding hydrogens is 242 g/mol. The fourth-order valence-corrected chi connectivity index (χ4v) is 1.67. The maximum atomic E-state index is 11.6. The van der Waals surface area contributed by atoms with E-state index in [1.165, 1.54) is 7.11 Å². The zero-order chi connectivity index (χ0) is 13.8. The Morgan fingerprint density at radius 1 is 1.37 bits per heavy atom. The Bertz CT molecular complexity index is 611. The highest BCUT2D eigenvalue weighted by molar-refractivity contribution is 5.96. The number of nitrogens with two attached hydrogens (primary N) is 1. The molecule has 0 saturated carbocycles. The van der Waals surface area contributed by atoms with Gasteiger partial charge >= 0.3 is 5.97 Å². The van der Waals surface area contributed by atoms with Crippen molar-refractivity contribution < 1.29 is 9.53 Å². The Labute approximate surface area is 111 Å². The number of esters is 1. The van der Waals surface area contributed by atoms with Crippen LogP contribution in [0.3, 0.4) is 0 Å². The van der Waals surface area contributed by atoms with Gasteiger partial charge in [0.1, 0.15) is 0 Å². The lowest BCUT2D eigenvalue weighted by atomic mass is 10.1. The van der Waals surface area contributed by atoms with E-state index in [0.717, 1.165) is 16.9 Å². The number of aryl methyl sites for hydroxylation is 1. The van der Waals surface area contributed by atoms with Gasteiger partial charge in [-0.15, -0.1) is 0 Å². The van der Waals surface area contributed by atoms with E-state index in [4.69, 9.17) is 5.73 Å². The predicted molar refractivity (Wildman–Crippen MR) is 74.5 cm³/mol. The molecule has 5 heteroatoms. The monoisotopic (exact) mass is 257 g/mol. The van der Waals surface area contributed by atoms with Crippen molar-refractivity contribution in [2.24, 2.45) is 0 Å². The van der Waals surface area contributed by atoms with Gasteiger partial charge < -0.3 is 15.8 Å². The van der Waals surface area contributed by atoms with Crippen LogP contribution in [-0.4, -0.2) is 18.1 Å². The zero-order valence-electron chi connectivity index (χ0n) is 10.8. The Morgan fingerprint density at radius 3 is 2.84 bits per heavy atom. The molecule has 3 N–H and O–H groups in total. The average molecular weight is 257 g/mol. The lowest BCUT2D eigenvalue weighted by Crippen LogP contribution is -2.06. The van der Waals surface area contributed by atoms with Crippen LogP contribution in [0.25, 0.3) is 0 Å². The summed E-state index contributed by atoms with van der Waals surface area (Å²) < 4.78 is 4.69. The molecule has 0 fully saturated rings. The van der Waals surface area contributed by atoms with E-state index >= 15 is 0 Å². The molecule has 5 nitrogen and oxygen atoms in total. The van der Waals surface area contributed by atoms with Gasteiger partial charge in [0.15, 0.2) is 0 Å². The van der Waals surface area contributed by atoms with Gasteiger partial charge in [0, 0.05) is 17.6 Å². The first-order valence-corrected chi connectivity index (χ1v) is 5.77. The maximum absolute atomic E-state index is 11.6. The summed E-state index contributed by atoms with van der Waals surface area (Å²) in [5.41, 5.74) is 9.17. The largest absolute Gasteiger partial charge is 0.465 e. The molecule has 1 aromatic carbocycles. The molecular formula is C14H15N3O2. The van der Waals surface area contributed by atoms with E-state index in [-0.39, 0.29) is 0 Å². The van der Waals surface area contributed by atoms with E-state index in [0.29, 0.717) is 11.3 Å². The van der Waals surface area contributed by atoms with Crippen molar-refractivity contribution >= 4 is 23.0 Å². The third-order valence-electron chi connectivity index (χ3n) is 2.78. The minimum atomic E-state index is -0.455. The molecule has 0 aliphatic rings. The number of nitrogens with one attached hydrogen (secondary N) is 1. The average Bonchev–Trinajstić information content (AvgIpc) is 2.42. The van der Waals surface area contributed by atoms with Crippen molar-refractivity contribution in [3.63, 3.8) is 0 Å². The first-order valence-electron chi connectivity index (χ1n) is 5.77. The van der Waals surface area contributed by atoms with Crippen LogP contribution in [0.2, 0.25) is 0 Å². The minimum Gasteiger partial charge on any atom is -0.465 e. The van der Waals surface area contributed by atoms with Crippen LogP contribution in [0.1, 0.15) is 15.9 Å². The molecule has 2 aromatic rings. The van der Waals surface area contributed by atoms with Crippen molar-refractivity contribution in [2.45, 2.75) is 6.92 Å². The number of ether oxygens (including phenoxy) is 1. The first-order chi connectivity index (χ1) is 9.11. The lowest BCUT2D eigenvalue weighted by molar-refractivity contribution is 0.0602. The van der Waals surface area contributed by atoms with Crippen molar-refractivity contribution in [3.05, 3.63) is 47.8 Å². The number of methoxy groups -OCH3 is 1. The molecule has 0 aliphatic carbocycles. The molecule has 19 heavy (non-hydrogen) atoms. The lowest BCUT2D eigenvalue weighted by Gasteiger charge is -2.11. The number of anilines is 3. The van der Waals surface area contributed by atoms with Gasteiger partial charge in [-0.1, -0.05) is 0 Å². The topological polar surface area (TPSA) is 77.2 Å². The molecule has 0 aliphatic heterocycles. The van der Waals surface area contributed by atoms with E-state index in [1.54, 1.807) is 30.6 Å². The Morgan fingerprint density at radius 2 is 2.16 bits per heavy atom. The summed E-state index contributed by atoms with van der Waals surface area (Å²) in [7, 11) is 1.33. The number of nitrogen functional groups attached to an aromatic ring is 1. The van der Waals surface area contributed by atoms with Gasteiger partial charge in [-0.05, 0) is 36.8 Å². The summed E-state index contributed by atoms with van der Waals surface area (Å²) in [5, 5.41) is 3.19. The molecule has 0 radical (unpaired) electrons. The van der Waals surface area contributed by atoms with Crippen molar-refractivity contribution in [3.8, 4) is 0 Å². The second kappa shape index (κ2) is 5.39. The van der Waals surface area contributed by atoms with Crippen LogP contribution in [0.15, 0.2) is 36.7 Å². The van der Waals surface area contributed by atoms with Crippen LogP contribution in [-0.2, 0) is 4.74 Å². The summed E-state index contributed by atoms with van der Waals surface area (Å²) in [6, 6.07) is 7.03. The van der Waals surface area contributed by atoms with Gasteiger partial charge in [-0.2, -0.15) is 0 Å². The highest BCUT2D eigenvalue weighted by atomic mass is 16.5. The van der Waals surface area contributed by atoms with Crippen LogP contribution < -0.4 is 11.1 Å². The molecule has 1 aromatic heterocycles. The summed E-state index contributed by atoms with van der Waals surface area (Å²) in [4.78, 5) is 15.6. The molecule has 0 unspecified atom stereocenters. The molecule has 0 atom stereocenters. The van der Waals surface area contributed by atoms with Crippen molar-refractivity contribution in [1.29, 1.82) is 0 Å². The third-order valence-corrected chi connectivity index (χ3v) is 2.78. The summed E-state index contributed by atoms with van der Waals surface area (Å²) in [6.07, 6.45) is 3.45. The maximum Gasteiger partial charge on any atom is 0.340 e. The Kier molecular flexibility index (Phi) is 3.66. The third kappa shape index (κ3) is 2.82. The zero-order valence-corrected chi connectivity index (χ0v) is 10.8. The molecule has 0 spiro atoms. The van der Waals surface area contributed by atoms with E-state index < -0.39 is 5.97 Å². The molecule has 0 saturated heterocycles.